The van der Waals surface area contributed by atoms with Crippen LogP contribution in [0.25, 0.3) is 0 Å². The van der Waals surface area contributed by atoms with Crippen molar-refractivity contribution in [2.24, 2.45) is 5.14 Å². The summed E-state index contributed by atoms with van der Waals surface area (Å²) in [6.07, 6.45) is 1.50. The standard InChI is InChI=1S/C18H22F3N5O2S2/c1-17(2)11-25(14-3-5-15(6-4-14)29-18(19,20)21)12-26(17)10-13-7-8-23-16(9-13)24-30(22,27)28/h3-9H,10-12H2,1-2H3,(H,23,24)(H2,22,27,28). The van der Waals surface area contributed by atoms with E-state index < -0.39 is 15.7 Å². The zero-order chi connectivity index (χ0) is 22.2. The molecule has 1 fully saturated rings. The maximum absolute atomic E-state index is 12.5. The Bertz CT molecular complexity index is 998. The van der Waals surface area contributed by atoms with Gasteiger partial charge in [0.15, 0.2) is 0 Å². The minimum absolute atomic E-state index is 0.133. The van der Waals surface area contributed by atoms with Crippen molar-refractivity contribution in [2.75, 3.05) is 22.8 Å². The molecule has 164 valence electrons. The Morgan fingerprint density at radius 3 is 2.50 bits per heavy atom. The van der Waals surface area contributed by atoms with E-state index in [1.807, 2.05) is 0 Å². The summed E-state index contributed by atoms with van der Waals surface area (Å²) in [5.41, 5.74) is -2.84. The molecule has 1 aromatic carbocycles. The Kier molecular flexibility index (Phi) is 6.23. The number of alkyl halides is 3. The molecule has 1 aliphatic heterocycles. The first kappa shape index (κ1) is 22.7. The van der Waals surface area contributed by atoms with Crippen molar-refractivity contribution < 1.29 is 21.6 Å². The van der Waals surface area contributed by atoms with E-state index in [0.717, 1.165) is 11.3 Å². The highest BCUT2D eigenvalue weighted by Gasteiger charge is 2.37. The second-order valence-electron chi connectivity index (χ2n) is 7.59. The second-order valence-corrected chi connectivity index (χ2v) is 10.0. The van der Waals surface area contributed by atoms with Gasteiger partial charge in [-0.05, 0) is 67.6 Å². The van der Waals surface area contributed by atoms with Gasteiger partial charge in [0.05, 0.1) is 6.67 Å². The van der Waals surface area contributed by atoms with Gasteiger partial charge in [-0.1, -0.05) is 0 Å². The average molecular weight is 462 g/mol. The van der Waals surface area contributed by atoms with Gasteiger partial charge in [-0.25, -0.2) is 10.1 Å². The number of nitrogens with two attached hydrogens (primary N) is 1. The van der Waals surface area contributed by atoms with Crippen LogP contribution in [0.2, 0.25) is 0 Å². The zero-order valence-corrected chi connectivity index (χ0v) is 18.0. The van der Waals surface area contributed by atoms with Gasteiger partial charge in [0, 0.05) is 35.4 Å². The molecule has 3 N–H and O–H groups in total. The largest absolute Gasteiger partial charge is 0.446 e. The number of rotatable bonds is 6. The van der Waals surface area contributed by atoms with Crippen LogP contribution in [0.15, 0.2) is 47.5 Å². The normalized spacial score (nSPS) is 17.3. The van der Waals surface area contributed by atoms with Crippen molar-refractivity contribution >= 4 is 33.5 Å². The van der Waals surface area contributed by atoms with E-state index in [-0.39, 0.29) is 28.0 Å². The summed E-state index contributed by atoms with van der Waals surface area (Å²) in [6.45, 7) is 5.94. The lowest BCUT2D eigenvalue weighted by atomic mass is 10.0. The predicted molar refractivity (Wildman–Crippen MR) is 111 cm³/mol. The minimum Gasteiger partial charge on any atom is -0.357 e. The van der Waals surface area contributed by atoms with Crippen LogP contribution >= 0.6 is 11.8 Å². The molecule has 0 amide bonds. The molecule has 12 heteroatoms. The Balaban J connectivity index is 1.71. The van der Waals surface area contributed by atoms with Crippen molar-refractivity contribution in [3.05, 3.63) is 48.2 Å². The quantitative estimate of drug-likeness (QED) is 0.641. The van der Waals surface area contributed by atoms with Crippen molar-refractivity contribution in [3.63, 3.8) is 0 Å². The van der Waals surface area contributed by atoms with E-state index in [4.69, 9.17) is 5.14 Å². The number of hydrogen-bond donors (Lipinski definition) is 2. The summed E-state index contributed by atoms with van der Waals surface area (Å²) in [4.78, 5) is 8.38. The summed E-state index contributed by atoms with van der Waals surface area (Å²) >= 11 is -0.133. The van der Waals surface area contributed by atoms with Crippen molar-refractivity contribution in [3.8, 4) is 0 Å². The number of hydrogen-bond acceptors (Lipinski definition) is 6. The minimum atomic E-state index is -4.31. The van der Waals surface area contributed by atoms with Crippen LogP contribution in [-0.2, 0) is 16.8 Å². The fourth-order valence-electron chi connectivity index (χ4n) is 3.30. The fraction of sp³-hybridized carbons (Fsp3) is 0.389. The first-order valence-corrected chi connectivity index (χ1v) is 11.3. The molecule has 1 aromatic heterocycles. The van der Waals surface area contributed by atoms with Crippen LogP contribution in [0, 0.1) is 0 Å². The van der Waals surface area contributed by atoms with E-state index in [0.29, 0.717) is 19.8 Å². The summed E-state index contributed by atoms with van der Waals surface area (Å²) in [7, 11) is -3.91. The molecular weight excluding hydrogens is 439 g/mol. The molecule has 0 spiro atoms. The molecule has 1 saturated heterocycles. The highest BCUT2D eigenvalue weighted by Crippen LogP contribution is 2.38. The van der Waals surface area contributed by atoms with Crippen molar-refractivity contribution in [2.45, 2.75) is 36.3 Å². The van der Waals surface area contributed by atoms with Gasteiger partial charge >= 0.3 is 5.51 Å². The van der Waals surface area contributed by atoms with Crippen LogP contribution in [0.3, 0.4) is 0 Å². The third kappa shape index (κ3) is 6.24. The number of aromatic nitrogens is 1. The summed E-state index contributed by atoms with van der Waals surface area (Å²) < 4.78 is 62.1. The van der Waals surface area contributed by atoms with E-state index in [2.05, 4.69) is 33.4 Å². The number of nitrogens with zero attached hydrogens (tertiary/aromatic N) is 3. The predicted octanol–water partition coefficient (Wildman–Crippen LogP) is 3.37. The Labute approximate surface area is 177 Å². The number of benzene rings is 1. The highest BCUT2D eigenvalue weighted by atomic mass is 32.2. The van der Waals surface area contributed by atoms with Crippen LogP contribution in [0.1, 0.15) is 19.4 Å². The molecule has 2 aromatic rings. The first-order chi connectivity index (χ1) is 13.8. The molecule has 0 bridgehead atoms. The molecule has 0 radical (unpaired) electrons. The number of pyridine rings is 1. The number of anilines is 2. The van der Waals surface area contributed by atoms with Crippen LogP contribution < -0.4 is 14.8 Å². The molecule has 2 heterocycles. The van der Waals surface area contributed by atoms with E-state index in [1.54, 1.807) is 24.3 Å². The highest BCUT2D eigenvalue weighted by molar-refractivity contribution is 8.00. The number of thioether (sulfide) groups is 1. The van der Waals surface area contributed by atoms with E-state index in [9.17, 15) is 21.6 Å². The SMILES string of the molecule is CC1(C)CN(c2ccc(SC(F)(F)F)cc2)CN1Cc1ccnc(NS(N)(=O)=O)c1. The van der Waals surface area contributed by atoms with Gasteiger partial charge in [0.25, 0.3) is 10.2 Å². The monoisotopic (exact) mass is 461 g/mol. The van der Waals surface area contributed by atoms with Gasteiger partial charge in [0.1, 0.15) is 5.82 Å². The first-order valence-electron chi connectivity index (χ1n) is 8.92. The van der Waals surface area contributed by atoms with Gasteiger partial charge in [-0.3, -0.25) is 9.62 Å². The fourth-order valence-corrected chi connectivity index (χ4v) is 4.25. The van der Waals surface area contributed by atoms with Gasteiger partial charge in [-0.15, -0.1) is 0 Å². The van der Waals surface area contributed by atoms with Crippen molar-refractivity contribution in [1.82, 2.24) is 9.88 Å². The zero-order valence-electron chi connectivity index (χ0n) is 16.3. The lowest BCUT2D eigenvalue weighted by molar-refractivity contribution is -0.0328. The average Bonchev–Trinajstić information content (AvgIpc) is 2.87. The third-order valence-electron chi connectivity index (χ3n) is 4.66. The van der Waals surface area contributed by atoms with Crippen LogP contribution in [0.5, 0.6) is 0 Å². The lowest BCUT2D eigenvalue weighted by Crippen LogP contribution is -2.39. The Hall–Kier alpha value is -2.02. The van der Waals surface area contributed by atoms with Gasteiger partial charge in [0.2, 0.25) is 0 Å². The molecule has 1 aliphatic rings. The molecule has 0 unspecified atom stereocenters. The molecule has 30 heavy (non-hydrogen) atoms. The number of nitrogens with one attached hydrogen (secondary N) is 1. The Morgan fingerprint density at radius 2 is 1.90 bits per heavy atom. The molecule has 0 atom stereocenters. The van der Waals surface area contributed by atoms with Gasteiger partial charge < -0.3 is 4.90 Å². The smallest absolute Gasteiger partial charge is 0.357 e. The molecule has 3 rings (SSSR count). The maximum atomic E-state index is 12.5. The van der Waals surface area contributed by atoms with Crippen molar-refractivity contribution in [1.29, 1.82) is 0 Å². The molecular formula is C18H22F3N5O2S2. The third-order valence-corrected chi connectivity index (χ3v) is 5.89. The molecule has 7 nitrogen and oxygen atoms in total. The maximum Gasteiger partial charge on any atom is 0.446 e. The summed E-state index contributed by atoms with van der Waals surface area (Å²) in [5.74, 6) is 0.140. The second kappa shape index (κ2) is 8.25. The molecule has 0 aliphatic carbocycles. The molecule has 0 saturated carbocycles. The topological polar surface area (TPSA) is 91.6 Å². The lowest BCUT2D eigenvalue weighted by Gasteiger charge is -2.29. The van der Waals surface area contributed by atoms with Crippen LogP contribution in [0.4, 0.5) is 24.7 Å². The van der Waals surface area contributed by atoms with Crippen LogP contribution in [-0.4, -0.2) is 42.6 Å². The summed E-state index contributed by atoms with van der Waals surface area (Å²) in [5, 5.41) is 4.99. The van der Waals surface area contributed by atoms with E-state index in [1.165, 1.54) is 18.3 Å². The van der Waals surface area contributed by atoms with E-state index >= 15 is 0 Å². The van der Waals surface area contributed by atoms with Gasteiger partial charge in [-0.2, -0.15) is 21.6 Å². The summed E-state index contributed by atoms with van der Waals surface area (Å²) in [6, 6.07) is 9.72. The Morgan fingerprint density at radius 1 is 1.23 bits per heavy atom. The number of halogens is 3.